The fourth-order valence-corrected chi connectivity index (χ4v) is 2.25. The lowest BCUT2D eigenvalue weighted by Gasteiger charge is -2.02. The van der Waals surface area contributed by atoms with Crippen LogP contribution >= 0.6 is 11.3 Å². The van der Waals surface area contributed by atoms with E-state index in [-0.39, 0.29) is 17.2 Å². The molecule has 2 amide bonds. The second-order valence-corrected chi connectivity index (χ2v) is 4.68. The second kappa shape index (κ2) is 5.78. The van der Waals surface area contributed by atoms with Gasteiger partial charge in [-0.15, -0.1) is 0 Å². The Morgan fingerprint density at radius 1 is 1.35 bits per heavy atom. The summed E-state index contributed by atoms with van der Waals surface area (Å²) in [7, 11) is 1.17. The van der Waals surface area contributed by atoms with Crippen LogP contribution in [0.1, 0.15) is 0 Å². The number of fused-ring (bicyclic) bond motifs is 1. The number of methoxy groups -OCH3 is 1. The summed E-state index contributed by atoms with van der Waals surface area (Å²) < 4.78 is 30.7. The zero-order valence-electron chi connectivity index (χ0n) is 10.2. The number of nitrogens with zero attached hydrogens (tertiary/aromatic N) is 1. The Morgan fingerprint density at radius 2 is 2.05 bits per heavy atom. The largest absolute Gasteiger partial charge is 0.453 e. The number of hydrogen-bond donors (Lipinski definition) is 2. The summed E-state index contributed by atoms with van der Waals surface area (Å²) in [6.07, 6.45) is -0.742. The predicted octanol–water partition coefficient (Wildman–Crippen LogP) is 1.87. The predicted molar refractivity (Wildman–Crippen MR) is 68.6 cm³/mol. The highest BCUT2D eigenvalue weighted by Gasteiger charge is 2.12. The van der Waals surface area contributed by atoms with Gasteiger partial charge in [0.25, 0.3) is 0 Å². The van der Waals surface area contributed by atoms with Crippen LogP contribution in [0.25, 0.3) is 10.2 Å². The highest BCUT2D eigenvalue weighted by molar-refractivity contribution is 7.22. The summed E-state index contributed by atoms with van der Waals surface area (Å²) >= 11 is 0.995. The number of hydrogen-bond acceptors (Lipinski definition) is 5. The molecule has 0 atom stereocenters. The Balaban J connectivity index is 2.06. The van der Waals surface area contributed by atoms with Crippen LogP contribution in [-0.2, 0) is 9.53 Å². The molecule has 0 unspecified atom stereocenters. The lowest BCUT2D eigenvalue weighted by atomic mass is 10.3. The SMILES string of the molecule is COC(=O)NCC(=O)Nc1nc2cc(F)c(F)cc2s1. The topological polar surface area (TPSA) is 80.3 Å². The van der Waals surface area contributed by atoms with Gasteiger partial charge < -0.3 is 15.4 Å². The minimum atomic E-state index is -1.01. The molecular formula is C11H9F2N3O3S. The Hall–Kier alpha value is -2.29. The van der Waals surface area contributed by atoms with E-state index < -0.39 is 23.6 Å². The van der Waals surface area contributed by atoms with Crippen molar-refractivity contribution in [3.63, 3.8) is 0 Å². The van der Waals surface area contributed by atoms with Gasteiger partial charge in [-0.05, 0) is 6.07 Å². The minimum absolute atomic E-state index is 0.182. The quantitative estimate of drug-likeness (QED) is 0.907. The first-order valence-corrected chi connectivity index (χ1v) is 6.18. The van der Waals surface area contributed by atoms with Crippen LogP contribution < -0.4 is 10.6 Å². The Morgan fingerprint density at radius 3 is 2.75 bits per heavy atom. The van der Waals surface area contributed by atoms with Gasteiger partial charge in [0.2, 0.25) is 5.91 Å². The molecule has 20 heavy (non-hydrogen) atoms. The number of ether oxygens (including phenoxy) is 1. The average Bonchev–Trinajstić information content (AvgIpc) is 2.77. The minimum Gasteiger partial charge on any atom is -0.453 e. The van der Waals surface area contributed by atoms with Crippen molar-refractivity contribution in [2.45, 2.75) is 0 Å². The lowest BCUT2D eigenvalue weighted by molar-refractivity contribution is -0.115. The van der Waals surface area contributed by atoms with Gasteiger partial charge in [-0.3, -0.25) is 4.79 Å². The van der Waals surface area contributed by atoms with E-state index in [9.17, 15) is 18.4 Å². The number of amides is 2. The van der Waals surface area contributed by atoms with E-state index in [2.05, 4.69) is 20.4 Å². The number of rotatable bonds is 3. The molecule has 2 N–H and O–H groups in total. The molecule has 6 nitrogen and oxygen atoms in total. The van der Waals surface area contributed by atoms with E-state index in [0.717, 1.165) is 23.5 Å². The van der Waals surface area contributed by atoms with Crippen molar-refractivity contribution in [2.24, 2.45) is 0 Å². The number of carbonyl (C=O) groups is 2. The molecule has 0 fully saturated rings. The first-order chi connectivity index (χ1) is 9.49. The maximum absolute atomic E-state index is 13.0. The molecule has 9 heteroatoms. The van der Waals surface area contributed by atoms with Crippen molar-refractivity contribution in [1.29, 1.82) is 0 Å². The fraction of sp³-hybridized carbons (Fsp3) is 0.182. The van der Waals surface area contributed by atoms with E-state index in [1.54, 1.807) is 0 Å². The van der Waals surface area contributed by atoms with E-state index >= 15 is 0 Å². The highest BCUT2D eigenvalue weighted by Crippen LogP contribution is 2.27. The first-order valence-electron chi connectivity index (χ1n) is 5.37. The van der Waals surface area contributed by atoms with Gasteiger partial charge in [0.1, 0.15) is 6.54 Å². The zero-order valence-corrected chi connectivity index (χ0v) is 11.0. The van der Waals surface area contributed by atoms with Gasteiger partial charge in [0.15, 0.2) is 16.8 Å². The molecule has 0 saturated heterocycles. The van der Waals surface area contributed by atoms with Crippen molar-refractivity contribution in [3.05, 3.63) is 23.8 Å². The van der Waals surface area contributed by atoms with Gasteiger partial charge in [-0.1, -0.05) is 11.3 Å². The average molecular weight is 301 g/mol. The number of nitrogens with one attached hydrogen (secondary N) is 2. The summed E-state index contributed by atoms with van der Waals surface area (Å²) in [5.74, 6) is -2.52. The standard InChI is InChI=1S/C11H9F2N3O3S/c1-19-11(18)14-4-9(17)16-10-15-7-2-5(12)6(13)3-8(7)20-10/h2-3H,4H2,1H3,(H,14,18)(H,15,16,17). The van der Waals surface area contributed by atoms with Gasteiger partial charge >= 0.3 is 6.09 Å². The van der Waals surface area contributed by atoms with Crippen molar-refractivity contribution in [3.8, 4) is 0 Å². The van der Waals surface area contributed by atoms with E-state index in [0.29, 0.717) is 4.70 Å². The first kappa shape index (κ1) is 14.1. The van der Waals surface area contributed by atoms with Crippen LogP contribution in [0.4, 0.5) is 18.7 Å². The number of thiazole rings is 1. The molecule has 0 spiro atoms. The molecule has 0 radical (unpaired) electrons. The molecule has 0 aliphatic rings. The third-order valence-electron chi connectivity index (χ3n) is 2.26. The normalized spacial score (nSPS) is 10.3. The second-order valence-electron chi connectivity index (χ2n) is 3.65. The van der Waals surface area contributed by atoms with Crippen molar-refractivity contribution in [1.82, 2.24) is 10.3 Å². The number of alkyl carbamates (subject to hydrolysis) is 1. The van der Waals surface area contributed by atoms with Gasteiger partial charge in [-0.25, -0.2) is 18.6 Å². The third-order valence-corrected chi connectivity index (χ3v) is 3.19. The molecule has 0 aliphatic carbocycles. The van der Waals surface area contributed by atoms with Gasteiger partial charge in [-0.2, -0.15) is 0 Å². The number of halogens is 2. The Bertz CT molecular complexity index is 635. The Kier molecular flexibility index (Phi) is 4.08. The smallest absolute Gasteiger partial charge is 0.407 e. The maximum atomic E-state index is 13.0. The fourth-order valence-electron chi connectivity index (χ4n) is 1.37. The monoisotopic (exact) mass is 301 g/mol. The zero-order chi connectivity index (χ0) is 14.7. The van der Waals surface area contributed by atoms with Crippen LogP contribution in [0, 0.1) is 11.6 Å². The molecule has 0 bridgehead atoms. The molecule has 2 rings (SSSR count). The maximum Gasteiger partial charge on any atom is 0.407 e. The van der Waals surface area contributed by atoms with Crippen molar-refractivity contribution >= 4 is 38.7 Å². The number of carbonyl (C=O) groups excluding carboxylic acids is 2. The van der Waals surface area contributed by atoms with Crippen LogP contribution in [0.2, 0.25) is 0 Å². The van der Waals surface area contributed by atoms with Gasteiger partial charge in [0, 0.05) is 6.07 Å². The van der Waals surface area contributed by atoms with Crippen LogP contribution in [0.3, 0.4) is 0 Å². The number of anilines is 1. The van der Waals surface area contributed by atoms with E-state index in [1.165, 1.54) is 7.11 Å². The molecular weight excluding hydrogens is 292 g/mol. The number of benzene rings is 1. The van der Waals surface area contributed by atoms with Crippen molar-refractivity contribution < 1.29 is 23.1 Å². The van der Waals surface area contributed by atoms with Crippen LogP contribution in [-0.4, -0.2) is 30.6 Å². The van der Waals surface area contributed by atoms with Crippen LogP contribution in [0.5, 0.6) is 0 Å². The van der Waals surface area contributed by atoms with Crippen molar-refractivity contribution in [2.75, 3.05) is 19.0 Å². The molecule has 0 aliphatic heterocycles. The highest BCUT2D eigenvalue weighted by atomic mass is 32.1. The summed E-state index contributed by atoms with van der Waals surface area (Å²) in [5.41, 5.74) is 0.241. The molecule has 106 valence electrons. The summed E-state index contributed by atoms with van der Waals surface area (Å²) in [5, 5.41) is 4.77. The van der Waals surface area contributed by atoms with Crippen LogP contribution in [0.15, 0.2) is 12.1 Å². The van der Waals surface area contributed by atoms with Gasteiger partial charge in [0.05, 0.1) is 17.3 Å². The molecule has 1 aromatic heterocycles. The Labute approximate surface area is 115 Å². The molecule has 1 aromatic carbocycles. The van der Waals surface area contributed by atoms with E-state index in [1.807, 2.05) is 0 Å². The van der Waals surface area contributed by atoms with E-state index in [4.69, 9.17) is 0 Å². The summed E-state index contributed by atoms with van der Waals surface area (Å²) in [6.45, 7) is -0.300. The third kappa shape index (κ3) is 3.18. The molecule has 1 heterocycles. The summed E-state index contributed by atoms with van der Waals surface area (Å²) in [4.78, 5) is 26.2. The summed E-state index contributed by atoms with van der Waals surface area (Å²) in [6, 6.07) is 1.95. The number of aromatic nitrogens is 1. The molecule has 0 saturated carbocycles. The lowest BCUT2D eigenvalue weighted by Crippen LogP contribution is -2.32. The molecule has 2 aromatic rings.